The molecule has 0 aliphatic carbocycles. The summed E-state index contributed by atoms with van der Waals surface area (Å²) in [5.41, 5.74) is 3.35. The molecule has 0 aliphatic rings. The molecule has 0 unspecified atom stereocenters. The van der Waals surface area contributed by atoms with Crippen molar-refractivity contribution in [3.63, 3.8) is 0 Å². The summed E-state index contributed by atoms with van der Waals surface area (Å²) in [5.74, 6) is 2.49. The van der Waals surface area contributed by atoms with Gasteiger partial charge in [-0.15, -0.1) is 0 Å². The third-order valence-corrected chi connectivity index (χ3v) is 4.31. The molecule has 0 aliphatic heterocycles. The van der Waals surface area contributed by atoms with Crippen molar-refractivity contribution in [3.8, 4) is 17.3 Å². The fraction of sp³-hybridized carbons (Fsp3) is 0.190. The second kappa shape index (κ2) is 6.85. The lowest BCUT2D eigenvalue weighted by molar-refractivity contribution is 0.300. The Morgan fingerprint density at radius 1 is 1.00 bits per heavy atom. The first-order chi connectivity index (χ1) is 12.3. The topological polar surface area (TPSA) is 40.2 Å². The largest absolute Gasteiger partial charge is 0.492 e. The number of furan rings is 1. The maximum Gasteiger partial charge on any atom is 0.177 e. The Balaban J connectivity index is 1.56. The van der Waals surface area contributed by atoms with Crippen molar-refractivity contribution >= 4 is 11.0 Å². The van der Waals surface area contributed by atoms with E-state index in [1.54, 1.807) is 6.26 Å². The van der Waals surface area contributed by atoms with Gasteiger partial charge >= 0.3 is 0 Å². The molecule has 0 fully saturated rings. The van der Waals surface area contributed by atoms with E-state index in [0.717, 1.165) is 34.8 Å². The van der Waals surface area contributed by atoms with E-state index >= 15 is 0 Å². The number of hydrogen-bond acceptors (Lipinski definition) is 3. The van der Waals surface area contributed by atoms with Gasteiger partial charge in [0.05, 0.1) is 23.8 Å². The molecule has 0 bridgehead atoms. The summed E-state index contributed by atoms with van der Waals surface area (Å²) in [7, 11) is 0. The molecule has 25 heavy (non-hydrogen) atoms. The van der Waals surface area contributed by atoms with Gasteiger partial charge in [-0.2, -0.15) is 0 Å². The van der Waals surface area contributed by atoms with E-state index in [0.29, 0.717) is 13.2 Å². The Bertz CT molecular complexity index is 953. The van der Waals surface area contributed by atoms with Crippen LogP contribution in [0.25, 0.3) is 22.6 Å². The molecule has 4 nitrogen and oxygen atoms in total. The zero-order chi connectivity index (χ0) is 17.1. The average molecular weight is 332 g/mol. The number of ether oxygens (including phenoxy) is 1. The number of imidazole rings is 1. The van der Waals surface area contributed by atoms with E-state index < -0.39 is 0 Å². The van der Waals surface area contributed by atoms with E-state index in [1.807, 2.05) is 42.5 Å². The molecule has 0 N–H and O–H groups in total. The Morgan fingerprint density at radius 3 is 2.60 bits per heavy atom. The van der Waals surface area contributed by atoms with Crippen molar-refractivity contribution in [2.45, 2.75) is 19.9 Å². The van der Waals surface area contributed by atoms with Gasteiger partial charge in [0, 0.05) is 0 Å². The second-order valence-electron chi connectivity index (χ2n) is 5.90. The van der Waals surface area contributed by atoms with Gasteiger partial charge < -0.3 is 13.7 Å². The highest BCUT2D eigenvalue weighted by Gasteiger charge is 2.14. The lowest BCUT2D eigenvalue weighted by atomic mass is 10.2. The minimum absolute atomic E-state index is 0.569. The Hall–Kier alpha value is -3.01. The molecular weight excluding hydrogens is 312 g/mol. The molecule has 126 valence electrons. The molecule has 0 spiro atoms. The second-order valence-corrected chi connectivity index (χ2v) is 5.90. The highest BCUT2D eigenvalue weighted by atomic mass is 16.5. The molecule has 0 atom stereocenters. The Labute approximate surface area is 146 Å². The standard InChI is InChI=1S/C21H20N2O2/c1-2-16-9-11-17(12-10-16)24-15-13-23-19-7-4-3-6-18(19)22-21(23)20-8-5-14-25-20/h3-12,14H,2,13,15H2,1H3. The summed E-state index contributed by atoms with van der Waals surface area (Å²) in [6.07, 6.45) is 2.71. The zero-order valence-electron chi connectivity index (χ0n) is 14.2. The van der Waals surface area contributed by atoms with Crippen LogP contribution in [-0.4, -0.2) is 16.2 Å². The van der Waals surface area contributed by atoms with Gasteiger partial charge in [0.25, 0.3) is 0 Å². The van der Waals surface area contributed by atoms with Crippen molar-refractivity contribution < 1.29 is 9.15 Å². The highest BCUT2D eigenvalue weighted by molar-refractivity contribution is 5.79. The number of benzene rings is 2. The number of aryl methyl sites for hydroxylation is 1. The molecule has 2 aromatic heterocycles. The van der Waals surface area contributed by atoms with Crippen LogP contribution in [0.4, 0.5) is 0 Å². The summed E-state index contributed by atoms with van der Waals surface area (Å²) in [4.78, 5) is 4.72. The predicted octanol–water partition coefficient (Wildman–Crippen LogP) is 4.94. The van der Waals surface area contributed by atoms with Crippen molar-refractivity contribution in [3.05, 3.63) is 72.5 Å². The molecule has 2 heterocycles. The summed E-state index contributed by atoms with van der Waals surface area (Å²) in [5, 5.41) is 0. The molecule has 0 saturated heterocycles. The summed E-state index contributed by atoms with van der Waals surface area (Å²) < 4.78 is 13.6. The van der Waals surface area contributed by atoms with E-state index in [9.17, 15) is 0 Å². The minimum atomic E-state index is 0.569. The predicted molar refractivity (Wildman–Crippen MR) is 98.8 cm³/mol. The molecule has 0 saturated carbocycles. The molecular formula is C21H20N2O2. The number of nitrogens with zero attached hydrogens (tertiary/aromatic N) is 2. The van der Waals surface area contributed by atoms with Crippen molar-refractivity contribution in [2.24, 2.45) is 0 Å². The third-order valence-electron chi connectivity index (χ3n) is 4.31. The van der Waals surface area contributed by atoms with Crippen LogP contribution in [0.2, 0.25) is 0 Å². The average Bonchev–Trinajstić information content (AvgIpc) is 3.30. The monoisotopic (exact) mass is 332 g/mol. The minimum Gasteiger partial charge on any atom is -0.492 e. The van der Waals surface area contributed by atoms with Gasteiger partial charge in [0.15, 0.2) is 11.6 Å². The summed E-state index contributed by atoms with van der Waals surface area (Å²) in [6.45, 7) is 3.42. The van der Waals surface area contributed by atoms with E-state index in [2.05, 4.69) is 29.7 Å². The molecule has 4 rings (SSSR count). The quantitative estimate of drug-likeness (QED) is 0.502. The Morgan fingerprint density at radius 2 is 1.84 bits per heavy atom. The first kappa shape index (κ1) is 15.5. The summed E-state index contributed by atoms with van der Waals surface area (Å²) >= 11 is 0. The highest BCUT2D eigenvalue weighted by Crippen LogP contribution is 2.25. The first-order valence-corrected chi connectivity index (χ1v) is 8.56. The van der Waals surface area contributed by atoms with E-state index in [-0.39, 0.29) is 0 Å². The van der Waals surface area contributed by atoms with Gasteiger partial charge in [0.1, 0.15) is 12.4 Å². The van der Waals surface area contributed by atoms with Gasteiger partial charge in [0.2, 0.25) is 0 Å². The number of rotatable bonds is 6. The normalized spacial score (nSPS) is 11.1. The van der Waals surface area contributed by atoms with Crippen LogP contribution in [0.3, 0.4) is 0 Å². The van der Waals surface area contributed by atoms with Crippen LogP contribution in [0.1, 0.15) is 12.5 Å². The Kier molecular flexibility index (Phi) is 4.25. The summed E-state index contributed by atoms with van der Waals surface area (Å²) in [6, 6.07) is 20.2. The fourth-order valence-corrected chi connectivity index (χ4v) is 2.97. The SMILES string of the molecule is CCc1ccc(OCCn2c(-c3ccco3)nc3ccccc32)cc1. The lowest BCUT2D eigenvalue weighted by Crippen LogP contribution is -2.09. The molecule has 2 aromatic carbocycles. The number of aromatic nitrogens is 2. The lowest BCUT2D eigenvalue weighted by Gasteiger charge is -2.10. The van der Waals surface area contributed by atoms with Crippen LogP contribution in [0.5, 0.6) is 5.75 Å². The third kappa shape index (κ3) is 3.15. The smallest absolute Gasteiger partial charge is 0.177 e. The van der Waals surface area contributed by atoms with Gasteiger partial charge in [-0.25, -0.2) is 4.98 Å². The van der Waals surface area contributed by atoms with Crippen molar-refractivity contribution in [1.82, 2.24) is 9.55 Å². The van der Waals surface area contributed by atoms with Gasteiger partial charge in [-0.1, -0.05) is 31.2 Å². The first-order valence-electron chi connectivity index (χ1n) is 8.56. The van der Waals surface area contributed by atoms with Crippen LogP contribution in [0, 0.1) is 0 Å². The van der Waals surface area contributed by atoms with Gasteiger partial charge in [-0.05, 0) is 48.4 Å². The number of hydrogen-bond donors (Lipinski definition) is 0. The maximum atomic E-state index is 5.92. The van der Waals surface area contributed by atoms with Gasteiger partial charge in [-0.3, -0.25) is 0 Å². The van der Waals surface area contributed by atoms with Crippen LogP contribution in [-0.2, 0) is 13.0 Å². The molecule has 0 amide bonds. The van der Waals surface area contributed by atoms with Crippen LogP contribution >= 0.6 is 0 Å². The van der Waals surface area contributed by atoms with E-state index in [4.69, 9.17) is 14.1 Å². The molecule has 4 heteroatoms. The molecule has 4 aromatic rings. The molecule has 0 radical (unpaired) electrons. The van der Waals surface area contributed by atoms with Crippen molar-refractivity contribution in [2.75, 3.05) is 6.61 Å². The van der Waals surface area contributed by atoms with Crippen molar-refractivity contribution in [1.29, 1.82) is 0 Å². The fourth-order valence-electron chi connectivity index (χ4n) is 2.97. The zero-order valence-corrected chi connectivity index (χ0v) is 14.2. The van der Waals surface area contributed by atoms with Crippen LogP contribution in [0.15, 0.2) is 71.3 Å². The maximum absolute atomic E-state index is 5.92. The number of para-hydroxylation sites is 2. The van der Waals surface area contributed by atoms with Crippen LogP contribution < -0.4 is 4.74 Å². The van der Waals surface area contributed by atoms with E-state index in [1.165, 1.54) is 5.56 Å². The number of fused-ring (bicyclic) bond motifs is 1.